The average Bonchev–Trinajstić information content (AvgIpc) is 2.27. The van der Waals surface area contributed by atoms with Crippen LogP contribution in [0.25, 0.3) is 0 Å². The molecule has 0 aliphatic heterocycles. The maximum Gasteiger partial charge on any atom is 0.0671 e. The standard InChI is InChI=1S/C13H27NO/c1-4-12-7-6-8-13(9-12)14-10-11(3)15-5-2/h11-14H,4-10H2,1-3H3. The topological polar surface area (TPSA) is 21.3 Å². The van der Waals surface area contributed by atoms with E-state index in [-0.39, 0.29) is 0 Å². The third kappa shape index (κ3) is 4.98. The third-order valence-electron chi connectivity index (χ3n) is 3.51. The summed E-state index contributed by atoms with van der Waals surface area (Å²) in [6.45, 7) is 8.36. The smallest absolute Gasteiger partial charge is 0.0671 e. The lowest BCUT2D eigenvalue weighted by atomic mass is 9.84. The van der Waals surface area contributed by atoms with Crippen LogP contribution in [0.3, 0.4) is 0 Å². The molecule has 0 aromatic rings. The first-order chi connectivity index (χ1) is 7.26. The van der Waals surface area contributed by atoms with E-state index in [1.54, 1.807) is 0 Å². The Morgan fingerprint density at radius 2 is 2.13 bits per heavy atom. The first-order valence-electron chi connectivity index (χ1n) is 6.61. The summed E-state index contributed by atoms with van der Waals surface area (Å²) in [5.74, 6) is 0.957. The minimum Gasteiger partial charge on any atom is -0.377 e. The van der Waals surface area contributed by atoms with E-state index in [1.807, 2.05) is 0 Å². The van der Waals surface area contributed by atoms with Gasteiger partial charge in [0.05, 0.1) is 6.10 Å². The molecule has 1 fully saturated rings. The van der Waals surface area contributed by atoms with Gasteiger partial charge in [-0.05, 0) is 32.6 Å². The van der Waals surface area contributed by atoms with Gasteiger partial charge in [-0.2, -0.15) is 0 Å². The molecular formula is C13H27NO. The summed E-state index contributed by atoms with van der Waals surface area (Å²) in [7, 11) is 0. The molecule has 1 rings (SSSR count). The van der Waals surface area contributed by atoms with Crippen LogP contribution in [0.4, 0.5) is 0 Å². The molecule has 2 nitrogen and oxygen atoms in total. The van der Waals surface area contributed by atoms with Crippen molar-refractivity contribution in [3.63, 3.8) is 0 Å². The van der Waals surface area contributed by atoms with E-state index >= 15 is 0 Å². The molecular weight excluding hydrogens is 186 g/mol. The fourth-order valence-electron chi connectivity index (χ4n) is 2.52. The average molecular weight is 213 g/mol. The van der Waals surface area contributed by atoms with Gasteiger partial charge in [0.1, 0.15) is 0 Å². The van der Waals surface area contributed by atoms with Crippen molar-refractivity contribution in [1.82, 2.24) is 5.32 Å². The van der Waals surface area contributed by atoms with Crippen LogP contribution in [0.15, 0.2) is 0 Å². The highest BCUT2D eigenvalue weighted by atomic mass is 16.5. The van der Waals surface area contributed by atoms with E-state index < -0.39 is 0 Å². The van der Waals surface area contributed by atoms with Crippen molar-refractivity contribution in [1.29, 1.82) is 0 Å². The van der Waals surface area contributed by atoms with Gasteiger partial charge in [0.25, 0.3) is 0 Å². The molecule has 15 heavy (non-hydrogen) atoms. The van der Waals surface area contributed by atoms with Crippen LogP contribution in [0.1, 0.15) is 52.9 Å². The van der Waals surface area contributed by atoms with Gasteiger partial charge in [-0.25, -0.2) is 0 Å². The van der Waals surface area contributed by atoms with Crippen molar-refractivity contribution in [2.75, 3.05) is 13.2 Å². The summed E-state index contributed by atoms with van der Waals surface area (Å²) in [6, 6.07) is 0.742. The number of hydrogen-bond donors (Lipinski definition) is 1. The lowest BCUT2D eigenvalue weighted by Gasteiger charge is -2.30. The SMILES string of the molecule is CCOC(C)CNC1CCCC(CC)C1. The molecule has 1 aliphatic carbocycles. The molecule has 90 valence electrons. The maximum atomic E-state index is 5.52. The molecule has 0 aromatic heterocycles. The zero-order chi connectivity index (χ0) is 11.1. The highest BCUT2D eigenvalue weighted by Gasteiger charge is 2.20. The van der Waals surface area contributed by atoms with Crippen LogP contribution in [-0.4, -0.2) is 25.3 Å². The highest BCUT2D eigenvalue weighted by molar-refractivity contribution is 4.77. The maximum absolute atomic E-state index is 5.52. The second kappa shape index (κ2) is 7.24. The Hall–Kier alpha value is -0.0800. The zero-order valence-corrected chi connectivity index (χ0v) is 10.6. The highest BCUT2D eigenvalue weighted by Crippen LogP contribution is 2.26. The first kappa shape index (κ1) is 13.0. The van der Waals surface area contributed by atoms with Gasteiger partial charge >= 0.3 is 0 Å². The van der Waals surface area contributed by atoms with E-state index in [9.17, 15) is 0 Å². The lowest BCUT2D eigenvalue weighted by molar-refractivity contribution is 0.0717. The van der Waals surface area contributed by atoms with E-state index in [0.29, 0.717) is 6.10 Å². The van der Waals surface area contributed by atoms with Crippen LogP contribution in [0.5, 0.6) is 0 Å². The molecule has 3 atom stereocenters. The molecule has 0 aromatic carbocycles. The Morgan fingerprint density at radius 3 is 2.80 bits per heavy atom. The molecule has 1 saturated carbocycles. The fourth-order valence-corrected chi connectivity index (χ4v) is 2.52. The second-order valence-corrected chi connectivity index (χ2v) is 4.81. The minimum absolute atomic E-state index is 0.358. The van der Waals surface area contributed by atoms with E-state index in [4.69, 9.17) is 4.74 Å². The van der Waals surface area contributed by atoms with Gasteiger partial charge in [-0.1, -0.05) is 26.2 Å². The van der Waals surface area contributed by atoms with Crippen LogP contribution >= 0.6 is 0 Å². The summed E-state index contributed by atoms with van der Waals surface area (Å²) in [5, 5.41) is 3.65. The van der Waals surface area contributed by atoms with Crippen LogP contribution in [0.2, 0.25) is 0 Å². The minimum atomic E-state index is 0.358. The van der Waals surface area contributed by atoms with Crippen molar-refractivity contribution in [3.8, 4) is 0 Å². The number of ether oxygens (including phenoxy) is 1. The quantitative estimate of drug-likeness (QED) is 0.732. The van der Waals surface area contributed by atoms with E-state index in [1.165, 1.54) is 32.1 Å². The molecule has 2 heteroatoms. The number of rotatable bonds is 6. The summed E-state index contributed by atoms with van der Waals surface area (Å²) in [4.78, 5) is 0. The predicted octanol–water partition coefficient (Wildman–Crippen LogP) is 2.97. The molecule has 0 saturated heterocycles. The van der Waals surface area contributed by atoms with Crippen molar-refractivity contribution in [3.05, 3.63) is 0 Å². The van der Waals surface area contributed by atoms with Gasteiger partial charge in [-0.3, -0.25) is 0 Å². The van der Waals surface area contributed by atoms with Crippen LogP contribution in [-0.2, 0) is 4.74 Å². The summed E-state index contributed by atoms with van der Waals surface area (Å²) in [6.07, 6.45) is 7.27. The van der Waals surface area contributed by atoms with Crippen molar-refractivity contribution < 1.29 is 4.74 Å². The number of hydrogen-bond acceptors (Lipinski definition) is 2. The van der Waals surface area contributed by atoms with E-state index in [0.717, 1.165) is 25.1 Å². The van der Waals surface area contributed by atoms with Crippen molar-refractivity contribution in [2.45, 2.75) is 65.0 Å². The Morgan fingerprint density at radius 1 is 1.33 bits per heavy atom. The van der Waals surface area contributed by atoms with Gasteiger partial charge in [0.15, 0.2) is 0 Å². The Balaban J connectivity index is 2.14. The van der Waals surface area contributed by atoms with Crippen molar-refractivity contribution >= 4 is 0 Å². The Bertz CT molecular complexity index is 161. The van der Waals surface area contributed by atoms with Gasteiger partial charge in [-0.15, -0.1) is 0 Å². The second-order valence-electron chi connectivity index (χ2n) is 4.81. The summed E-state index contributed by atoms with van der Waals surface area (Å²) < 4.78 is 5.52. The first-order valence-corrected chi connectivity index (χ1v) is 6.61. The largest absolute Gasteiger partial charge is 0.377 e. The molecule has 0 radical (unpaired) electrons. The fraction of sp³-hybridized carbons (Fsp3) is 1.00. The van der Waals surface area contributed by atoms with Gasteiger partial charge in [0, 0.05) is 19.2 Å². The Labute approximate surface area is 94.8 Å². The summed E-state index contributed by atoms with van der Waals surface area (Å²) >= 11 is 0. The Kier molecular flexibility index (Phi) is 6.26. The molecule has 1 aliphatic rings. The molecule has 0 heterocycles. The van der Waals surface area contributed by atoms with Crippen molar-refractivity contribution in [2.24, 2.45) is 5.92 Å². The lowest BCUT2D eigenvalue weighted by Crippen LogP contribution is -2.38. The molecule has 0 bridgehead atoms. The molecule has 0 spiro atoms. The summed E-state index contributed by atoms with van der Waals surface area (Å²) in [5.41, 5.74) is 0. The van der Waals surface area contributed by atoms with Gasteiger partial charge < -0.3 is 10.1 Å². The predicted molar refractivity (Wildman–Crippen MR) is 65.1 cm³/mol. The molecule has 1 N–H and O–H groups in total. The van der Waals surface area contributed by atoms with E-state index in [2.05, 4.69) is 26.1 Å². The van der Waals surface area contributed by atoms with Gasteiger partial charge in [0.2, 0.25) is 0 Å². The zero-order valence-electron chi connectivity index (χ0n) is 10.6. The molecule has 0 amide bonds. The molecule has 3 unspecified atom stereocenters. The van der Waals surface area contributed by atoms with Crippen LogP contribution < -0.4 is 5.32 Å². The normalized spacial score (nSPS) is 29.0. The third-order valence-corrected chi connectivity index (χ3v) is 3.51. The number of nitrogens with one attached hydrogen (secondary N) is 1. The van der Waals surface area contributed by atoms with Crippen LogP contribution in [0, 0.1) is 5.92 Å². The monoisotopic (exact) mass is 213 g/mol.